The fourth-order valence-corrected chi connectivity index (χ4v) is 3.68. The summed E-state index contributed by atoms with van der Waals surface area (Å²) in [6.45, 7) is 4.40. The SMILES string of the molecule is CP(C)c1c(Nc2nc(Cl)ncc2Br)ccn2ccnc12. The summed E-state index contributed by atoms with van der Waals surface area (Å²) in [5.74, 6) is 0.643. The lowest BCUT2D eigenvalue weighted by molar-refractivity contribution is 1.15. The predicted octanol–water partition coefficient (Wildman–Crippen LogP) is 3.65. The van der Waals surface area contributed by atoms with Gasteiger partial charge in [0, 0.05) is 30.1 Å². The Bertz CT molecular complexity index is 804. The van der Waals surface area contributed by atoms with E-state index in [1.54, 1.807) is 12.4 Å². The molecule has 0 spiro atoms. The first-order valence-electron chi connectivity index (χ1n) is 6.14. The summed E-state index contributed by atoms with van der Waals surface area (Å²) in [7, 11) is -0.341. The number of anilines is 2. The summed E-state index contributed by atoms with van der Waals surface area (Å²) in [6, 6.07) is 2.02. The number of halogens is 2. The van der Waals surface area contributed by atoms with Gasteiger partial charge in [0.25, 0.3) is 0 Å². The van der Waals surface area contributed by atoms with Gasteiger partial charge in [-0.2, -0.15) is 4.98 Å². The monoisotopic (exact) mass is 383 g/mol. The average molecular weight is 385 g/mol. The van der Waals surface area contributed by atoms with Gasteiger partial charge in [0.1, 0.15) is 11.5 Å². The zero-order chi connectivity index (χ0) is 15.0. The van der Waals surface area contributed by atoms with E-state index in [4.69, 9.17) is 11.6 Å². The van der Waals surface area contributed by atoms with E-state index in [1.165, 1.54) is 5.30 Å². The number of nitrogens with zero attached hydrogens (tertiary/aromatic N) is 4. The topological polar surface area (TPSA) is 55.1 Å². The molecule has 0 saturated heterocycles. The van der Waals surface area contributed by atoms with E-state index in [0.717, 1.165) is 15.8 Å². The van der Waals surface area contributed by atoms with Crippen LogP contribution < -0.4 is 10.6 Å². The maximum absolute atomic E-state index is 5.87. The van der Waals surface area contributed by atoms with Crippen LogP contribution >= 0.6 is 35.5 Å². The third-order valence-electron chi connectivity index (χ3n) is 2.95. The molecule has 0 amide bonds. The van der Waals surface area contributed by atoms with Crippen molar-refractivity contribution in [1.29, 1.82) is 0 Å². The minimum Gasteiger partial charge on any atom is -0.338 e. The molecule has 21 heavy (non-hydrogen) atoms. The summed E-state index contributed by atoms with van der Waals surface area (Å²) < 4.78 is 2.78. The first-order chi connectivity index (χ1) is 10.1. The smallest absolute Gasteiger partial charge is 0.224 e. The second-order valence-electron chi connectivity index (χ2n) is 4.59. The number of imidazole rings is 1. The molecule has 3 heterocycles. The third-order valence-corrected chi connectivity index (χ3v) is 5.05. The lowest BCUT2D eigenvalue weighted by atomic mass is 10.4. The first-order valence-corrected chi connectivity index (χ1v) is 9.55. The normalized spacial score (nSPS) is 11.3. The molecule has 0 atom stereocenters. The van der Waals surface area contributed by atoms with Gasteiger partial charge in [-0.05, 0) is 46.9 Å². The molecule has 8 heteroatoms. The molecular weight excluding hydrogens is 373 g/mol. The van der Waals surface area contributed by atoms with Gasteiger partial charge in [-0.3, -0.25) is 0 Å². The molecule has 0 radical (unpaired) electrons. The fraction of sp³-hybridized carbons (Fsp3) is 0.154. The van der Waals surface area contributed by atoms with Crippen molar-refractivity contribution in [3.05, 3.63) is 40.6 Å². The number of aromatic nitrogens is 4. The van der Waals surface area contributed by atoms with Gasteiger partial charge < -0.3 is 9.72 Å². The van der Waals surface area contributed by atoms with E-state index in [-0.39, 0.29) is 13.2 Å². The lowest BCUT2D eigenvalue weighted by Crippen LogP contribution is -2.12. The van der Waals surface area contributed by atoms with Crippen molar-refractivity contribution < 1.29 is 0 Å². The van der Waals surface area contributed by atoms with Crippen LogP contribution in [0.1, 0.15) is 0 Å². The molecule has 3 aromatic heterocycles. The highest BCUT2D eigenvalue weighted by molar-refractivity contribution is 9.10. The Balaban J connectivity index is 2.11. The number of hydrogen-bond acceptors (Lipinski definition) is 4. The van der Waals surface area contributed by atoms with Gasteiger partial charge in [0.15, 0.2) is 0 Å². The summed E-state index contributed by atoms with van der Waals surface area (Å²) in [4.78, 5) is 12.6. The largest absolute Gasteiger partial charge is 0.338 e. The van der Waals surface area contributed by atoms with Crippen LogP contribution in [0.15, 0.2) is 35.3 Å². The Morgan fingerprint density at radius 2 is 2.10 bits per heavy atom. The van der Waals surface area contributed by atoms with Crippen LogP contribution in [0.25, 0.3) is 5.65 Å². The molecule has 3 rings (SSSR count). The van der Waals surface area contributed by atoms with Gasteiger partial charge in [-0.25, -0.2) is 9.97 Å². The summed E-state index contributed by atoms with van der Waals surface area (Å²) in [6.07, 6.45) is 7.35. The van der Waals surface area contributed by atoms with E-state index in [2.05, 4.69) is 49.5 Å². The number of rotatable bonds is 3. The molecule has 0 saturated carbocycles. The zero-order valence-corrected chi connectivity index (χ0v) is 14.6. The highest BCUT2D eigenvalue weighted by Crippen LogP contribution is 2.32. The van der Waals surface area contributed by atoms with Crippen LogP contribution in [-0.4, -0.2) is 32.7 Å². The Hall–Kier alpha value is -1.23. The van der Waals surface area contributed by atoms with Gasteiger partial charge in [-0.15, -0.1) is 0 Å². The van der Waals surface area contributed by atoms with Crippen LogP contribution in [0, 0.1) is 0 Å². The quantitative estimate of drug-likeness (QED) is 0.553. The van der Waals surface area contributed by atoms with Crippen molar-refractivity contribution in [2.45, 2.75) is 0 Å². The van der Waals surface area contributed by atoms with Crippen molar-refractivity contribution in [3.63, 3.8) is 0 Å². The first kappa shape index (κ1) is 14.7. The van der Waals surface area contributed by atoms with Crippen molar-refractivity contribution in [2.24, 2.45) is 0 Å². The second kappa shape index (κ2) is 5.87. The van der Waals surface area contributed by atoms with Crippen LogP contribution in [0.2, 0.25) is 5.28 Å². The minimum absolute atomic E-state index is 0.208. The van der Waals surface area contributed by atoms with Crippen LogP contribution in [0.5, 0.6) is 0 Å². The standard InChI is InChI=1S/C13H12BrClN5P/c1-21(2)10-9(3-5-20-6-4-16-12(10)20)18-11-8(14)7-17-13(15)19-11/h3-7H,1-2H3,(H,17,18,19). The molecule has 3 aromatic rings. The van der Waals surface area contributed by atoms with E-state index in [9.17, 15) is 0 Å². The second-order valence-corrected chi connectivity index (χ2v) is 8.02. The Kier molecular flexibility index (Phi) is 4.11. The maximum Gasteiger partial charge on any atom is 0.224 e. The van der Waals surface area contributed by atoms with Crippen LogP contribution in [-0.2, 0) is 0 Å². The lowest BCUT2D eigenvalue weighted by Gasteiger charge is -2.16. The van der Waals surface area contributed by atoms with E-state index >= 15 is 0 Å². The van der Waals surface area contributed by atoms with Gasteiger partial charge in [0.2, 0.25) is 5.28 Å². The minimum atomic E-state index is -0.341. The number of pyridine rings is 1. The third kappa shape index (κ3) is 2.89. The van der Waals surface area contributed by atoms with Crippen LogP contribution in [0.4, 0.5) is 11.5 Å². The number of fused-ring (bicyclic) bond motifs is 1. The highest BCUT2D eigenvalue weighted by atomic mass is 79.9. The molecule has 0 aliphatic carbocycles. The molecule has 1 N–H and O–H groups in total. The van der Waals surface area contributed by atoms with E-state index in [0.29, 0.717) is 5.82 Å². The van der Waals surface area contributed by atoms with Crippen molar-refractivity contribution >= 4 is 57.9 Å². The molecule has 0 fully saturated rings. The molecule has 0 unspecified atom stereocenters. The van der Waals surface area contributed by atoms with Crippen LogP contribution in [0.3, 0.4) is 0 Å². The molecule has 0 aliphatic rings. The maximum atomic E-state index is 5.87. The number of nitrogens with one attached hydrogen (secondary N) is 1. The molecule has 0 aliphatic heterocycles. The number of hydrogen-bond donors (Lipinski definition) is 1. The fourth-order valence-electron chi connectivity index (χ4n) is 2.07. The Labute approximate surface area is 136 Å². The molecule has 0 aromatic carbocycles. The van der Waals surface area contributed by atoms with Crippen molar-refractivity contribution in [2.75, 3.05) is 18.6 Å². The van der Waals surface area contributed by atoms with Crippen molar-refractivity contribution in [1.82, 2.24) is 19.4 Å². The Morgan fingerprint density at radius 1 is 1.29 bits per heavy atom. The summed E-state index contributed by atoms with van der Waals surface area (Å²) in [5, 5.41) is 4.73. The molecular formula is C13H12BrClN5P. The molecule has 108 valence electrons. The average Bonchev–Trinajstić information content (AvgIpc) is 2.90. The summed E-state index contributed by atoms with van der Waals surface area (Å²) >= 11 is 9.30. The van der Waals surface area contributed by atoms with E-state index in [1.807, 2.05) is 22.9 Å². The van der Waals surface area contributed by atoms with E-state index < -0.39 is 0 Å². The molecule has 5 nitrogen and oxygen atoms in total. The van der Waals surface area contributed by atoms with Gasteiger partial charge >= 0.3 is 0 Å². The predicted molar refractivity (Wildman–Crippen MR) is 91.6 cm³/mol. The zero-order valence-electron chi connectivity index (χ0n) is 11.4. The van der Waals surface area contributed by atoms with Gasteiger partial charge in [-0.1, -0.05) is 7.92 Å². The summed E-state index contributed by atoms with van der Waals surface area (Å²) in [5.41, 5.74) is 1.95. The van der Waals surface area contributed by atoms with Gasteiger partial charge in [0.05, 0.1) is 10.2 Å². The Morgan fingerprint density at radius 3 is 2.86 bits per heavy atom. The van der Waals surface area contributed by atoms with Crippen molar-refractivity contribution in [3.8, 4) is 0 Å². The highest BCUT2D eigenvalue weighted by Gasteiger charge is 2.14. The molecule has 0 bridgehead atoms.